The summed E-state index contributed by atoms with van der Waals surface area (Å²) in [7, 11) is 3.23. The number of ether oxygens (including phenoxy) is 2. The summed E-state index contributed by atoms with van der Waals surface area (Å²) < 4.78 is 9.53. The molecule has 0 aromatic rings. The van der Waals surface area contributed by atoms with Gasteiger partial charge in [0.1, 0.15) is 0 Å². The normalized spacial score (nSPS) is 12.4. The van der Waals surface area contributed by atoms with E-state index in [0.717, 1.165) is 6.42 Å². The summed E-state index contributed by atoms with van der Waals surface area (Å²) in [5.41, 5.74) is 0. The third-order valence-electron chi connectivity index (χ3n) is 1.76. The van der Waals surface area contributed by atoms with Crippen LogP contribution in [0.25, 0.3) is 0 Å². The molecule has 0 fully saturated rings. The summed E-state index contributed by atoms with van der Waals surface area (Å²) in [5, 5.41) is 16.8. The minimum Gasteiger partial charge on any atom is -0.396 e. The monoisotopic (exact) mass is 240 g/mol. The lowest BCUT2D eigenvalue weighted by atomic mass is 10.2. The number of aliphatic hydroxyl groups excluding tert-OH is 2. The van der Waals surface area contributed by atoms with Gasteiger partial charge in [-0.3, -0.25) is 0 Å². The fourth-order valence-corrected chi connectivity index (χ4v) is 0.708. The van der Waals surface area contributed by atoms with E-state index in [1.807, 2.05) is 13.8 Å². The molecule has 0 spiro atoms. The van der Waals surface area contributed by atoms with Gasteiger partial charge >= 0.3 is 0 Å². The second-order valence-corrected chi connectivity index (χ2v) is 3.19. The molecule has 104 valence electrons. The van der Waals surface area contributed by atoms with Crippen molar-refractivity contribution < 1.29 is 19.7 Å². The van der Waals surface area contributed by atoms with Crippen molar-refractivity contribution in [1.82, 2.24) is 0 Å². The van der Waals surface area contributed by atoms with Crippen LogP contribution in [-0.4, -0.2) is 50.4 Å². The summed E-state index contributed by atoms with van der Waals surface area (Å²) in [6.07, 6.45) is 0.924. The maximum atomic E-state index is 8.40. The second kappa shape index (κ2) is 20.3. The molecule has 0 radical (unpaired) electrons. The zero-order chi connectivity index (χ0) is 11.4. The fraction of sp³-hybridized carbons (Fsp3) is 1.00. The molecule has 4 nitrogen and oxygen atoms in total. The van der Waals surface area contributed by atoms with E-state index >= 15 is 0 Å². The molecule has 0 aliphatic rings. The van der Waals surface area contributed by atoms with E-state index in [-0.39, 0.29) is 40.1 Å². The number of aliphatic hydroxyl groups is 2. The molecule has 0 aromatic carbocycles. The molecule has 0 amide bonds. The van der Waals surface area contributed by atoms with Crippen molar-refractivity contribution in [1.29, 1.82) is 0 Å². The highest BCUT2D eigenvalue weighted by atomic mass is 16.5. The lowest BCUT2D eigenvalue weighted by molar-refractivity contribution is 0.0467. The van der Waals surface area contributed by atoms with E-state index < -0.39 is 0 Å². The van der Waals surface area contributed by atoms with Gasteiger partial charge in [0, 0.05) is 26.7 Å². The first kappa shape index (κ1) is 24.9. The van der Waals surface area contributed by atoms with Gasteiger partial charge in [0.15, 0.2) is 0 Å². The summed E-state index contributed by atoms with van der Waals surface area (Å²) >= 11 is 0. The molecule has 4 heteroatoms. The van der Waals surface area contributed by atoms with Crippen molar-refractivity contribution in [3.63, 3.8) is 0 Å². The van der Waals surface area contributed by atoms with E-state index in [1.54, 1.807) is 14.2 Å². The van der Waals surface area contributed by atoms with Crippen molar-refractivity contribution in [2.24, 2.45) is 5.92 Å². The molecule has 2 unspecified atom stereocenters. The van der Waals surface area contributed by atoms with Crippen LogP contribution in [0.5, 0.6) is 0 Å². The Morgan fingerprint density at radius 1 is 1.06 bits per heavy atom. The number of methoxy groups -OCH3 is 2. The molecule has 16 heavy (non-hydrogen) atoms. The fourth-order valence-electron chi connectivity index (χ4n) is 0.708. The van der Waals surface area contributed by atoms with Gasteiger partial charge in [-0.2, -0.15) is 0 Å². The first-order chi connectivity index (χ1) is 6.65. The molecule has 0 aliphatic carbocycles. The molecular weight excluding hydrogens is 208 g/mol. The lowest BCUT2D eigenvalue weighted by Gasteiger charge is -2.06. The van der Waals surface area contributed by atoms with Crippen molar-refractivity contribution in [2.75, 3.05) is 34.0 Å². The van der Waals surface area contributed by atoms with Gasteiger partial charge in [-0.25, -0.2) is 0 Å². The predicted molar refractivity (Wildman–Crippen MR) is 69.8 cm³/mol. The van der Waals surface area contributed by atoms with Gasteiger partial charge in [-0.05, 0) is 6.42 Å². The van der Waals surface area contributed by atoms with Crippen LogP contribution in [0.15, 0.2) is 0 Å². The van der Waals surface area contributed by atoms with Crippen molar-refractivity contribution in [3.05, 3.63) is 0 Å². The number of rotatable bonds is 6. The van der Waals surface area contributed by atoms with Crippen molar-refractivity contribution >= 4 is 0 Å². The summed E-state index contributed by atoms with van der Waals surface area (Å²) in [4.78, 5) is 0. The Balaban J connectivity index is -0.0000000800. The Bertz CT molecular complexity index is 89.5. The van der Waals surface area contributed by atoms with E-state index in [9.17, 15) is 0 Å². The molecular formula is C12H32O4. The molecule has 0 heterocycles. The Morgan fingerprint density at radius 2 is 1.56 bits per heavy atom. The zero-order valence-corrected chi connectivity index (χ0v) is 9.69. The van der Waals surface area contributed by atoms with Crippen LogP contribution in [0.2, 0.25) is 0 Å². The van der Waals surface area contributed by atoms with E-state index in [2.05, 4.69) is 0 Å². The Morgan fingerprint density at radius 3 is 1.62 bits per heavy atom. The molecule has 0 saturated heterocycles. The standard InChI is InChI=1S/2C5H12O2.2CH4/c1-5(3-6)4-7-2;1-3-5(4-6)7-2;;/h2*5-6H,3-4H2,1-2H3;2*1H4. The average molecular weight is 240 g/mol. The molecule has 0 bridgehead atoms. The smallest absolute Gasteiger partial charge is 0.0799 e. The van der Waals surface area contributed by atoms with Crippen LogP contribution >= 0.6 is 0 Å². The van der Waals surface area contributed by atoms with Crippen molar-refractivity contribution in [3.8, 4) is 0 Å². The van der Waals surface area contributed by atoms with E-state index in [0.29, 0.717) is 6.61 Å². The number of hydrogen-bond donors (Lipinski definition) is 2. The van der Waals surface area contributed by atoms with Gasteiger partial charge < -0.3 is 19.7 Å². The molecule has 0 rings (SSSR count). The van der Waals surface area contributed by atoms with Gasteiger partial charge in [-0.1, -0.05) is 28.7 Å². The topological polar surface area (TPSA) is 58.9 Å². The summed E-state index contributed by atoms with van der Waals surface area (Å²) in [6, 6.07) is 0. The van der Waals surface area contributed by atoms with Gasteiger partial charge in [0.25, 0.3) is 0 Å². The maximum Gasteiger partial charge on any atom is 0.0799 e. The minimum absolute atomic E-state index is 0. The average Bonchev–Trinajstić information content (AvgIpc) is 2.22. The summed E-state index contributed by atoms with van der Waals surface area (Å²) in [5.74, 6) is 0.282. The zero-order valence-electron chi connectivity index (χ0n) is 9.69. The molecule has 0 aromatic heterocycles. The van der Waals surface area contributed by atoms with Crippen LogP contribution in [0.3, 0.4) is 0 Å². The predicted octanol–water partition coefficient (Wildman–Crippen LogP) is 1.94. The highest BCUT2D eigenvalue weighted by molar-refractivity contribution is 4.47. The first-order valence-corrected chi connectivity index (χ1v) is 4.89. The van der Waals surface area contributed by atoms with Crippen molar-refractivity contribution in [2.45, 2.75) is 41.2 Å². The van der Waals surface area contributed by atoms with E-state index in [4.69, 9.17) is 19.7 Å². The highest BCUT2D eigenvalue weighted by Crippen LogP contribution is 1.91. The molecule has 2 atom stereocenters. The Labute approximate surface area is 102 Å². The Kier molecular flexibility index (Phi) is 31.5. The molecule has 0 aliphatic heterocycles. The number of hydrogen-bond acceptors (Lipinski definition) is 4. The molecule has 0 saturated carbocycles. The lowest BCUT2D eigenvalue weighted by Crippen LogP contribution is -2.13. The van der Waals surface area contributed by atoms with Gasteiger partial charge in [-0.15, -0.1) is 0 Å². The van der Waals surface area contributed by atoms with Crippen LogP contribution in [0.1, 0.15) is 35.1 Å². The van der Waals surface area contributed by atoms with E-state index in [1.165, 1.54) is 0 Å². The van der Waals surface area contributed by atoms with Crippen LogP contribution in [0, 0.1) is 5.92 Å². The largest absolute Gasteiger partial charge is 0.396 e. The summed E-state index contributed by atoms with van der Waals surface area (Å²) in [6.45, 7) is 4.91. The highest BCUT2D eigenvalue weighted by Gasteiger charge is 1.97. The molecule has 2 N–H and O–H groups in total. The van der Waals surface area contributed by atoms with Gasteiger partial charge in [0.2, 0.25) is 0 Å². The van der Waals surface area contributed by atoms with Crippen LogP contribution < -0.4 is 0 Å². The Hall–Kier alpha value is -0.160. The first-order valence-electron chi connectivity index (χ1n) is 4.89. The van der Waals surface area contributed by atoms with Crippen LogP contribution in [0.4, 0.5) is 0 Å². The van der Waals surface area contributed by atoms with Crippen LogP contribution in [-0.2, 0) is 9.47 Å². The third-order valence-corrected chi connectivity index (χ3v) is 1.76. The SMILES string of the molecule is C.C.CCC(CO)OC.COCC(C)CO. The third kappa shape index (κ3) is 19.4. The minimum atomic E-state index is 0. The quantitative estimate of drug-likeness (QED) is 0.745. The maximum absolute atomic E-state index is 8.40. The van der Waals surface area contributed by atoms with Gasteiger partial charge in [0.05, 0.1) is 19.3 Å². The second-order valence-electron chi connectivity index (χ2n) is 3.19.